The molecule has 0 radical (unpaired) electrons. The molecule has 3 aromatic rings. The fourth-order valence-corrected chi connectivity index (χ4v) is 2.13. The third kappa shape index (κ3) is 2.34. The lowest BCUT2D eigenvalue weighted by Gasteiger charge is -2.09. The van der Waals surface area contributed by atoms with Crippen LogP contribution in [0.2, 0.25) is 15.1 Å². The summed E-state index contributed by atoms with van der Waals surface area (Å²) in [5.74, 6) is 0.882. The molecule has 0 aliphatic heterocycles. The predicted octanol–water partition coefficient (Wildman–Crippen LogP) is 4.71. The number of fused-ring (bicyclic) bond motifs is 1. The Balaban J connectivity index is 2.05. The largest absolute Gasteiger partial charge is 0.454 e. The van der Waals surface area contributed by atoms with Gasteiger partial charge in [0, 0.05) is 6.07 Å². The number of aromatic amines is 1. The maximum Gasteiger partial charge on any atom is 0.148 e. The van der Waals surface area contributed by atoms with Crippen LogP contribution in [-0.4, -0.2) is 15.4 Å². The third-order valence-corrected chi connectivity index (χ3v) is 3.61. The summed E-state index contributed by atoms with van der Waals surface area (Å²) in [4.78, 5) is 0. The van der Waals surface area contributed by atoms with E-state index in [2.05, 4.69) is 15.4 Å². The predicted molar refractivity (Wildman–Crippen MR) is 75.4 cm³/mol. The molecule has 1 aromatic heterocycles. The summed E-state index contributed by atoms with van der Waals surface area (Å²) in [7, 11) is 0. The number of nitrogens with one attached hydrogen (secondary N) is 1. The van der Waals surface area contributed by atoms with Crippen molar-refractivity contribution in [3.63, 3.8) is 0 Å². The molecule has 0 unspecified atom stereocenters. The van der Waals surface area contributed by atoms with Crippen LogP contribution in [0.15, 0.2) is 30.3 Å². The first-order valence-electron chi connectivity index (χ1n) is 5.27. The summed E-state index contributed by atoms with van der Waals surface area (Å²) < 4.78 is 5.67. The van der Waals surface area contributed by atoms with Crippen LogP contribution in [0, 0.1) is 0 Å². The lowest BCUT2D eigenvalue weighted by Crippen LogP contribution is -1.87. The molecule has 0 bridgehead atoms. The average molecular weight is 315 g/mol. The van der Waals surface area contributed by atoms with E-state index in [4.69, 9.17) is 39.5 Å². The van der Waals surface area contributed by atoms with Crippen LogP contribution in [0.5, 0.6) is 11.5 Å². The van der Waals surface area contributed by atoms with Crippen molar-refractivity contribution in [1.29, 1.82) is 0 Å². The van der Waals surface area contributed by atoms with E-state index >= 15 is 0 Å². The van der Waals surface area contributed by atoms with Crippen molar-refractivity contribution in [3.05, 3.63) is 45.4 Å². The molecule has 0 saturated carbocycles. The first kappa shape index (κ1) is 12.5. The van der Waals surface area contributed by atoms with Crippen molar-refractivity contribution >= 4 is 45.8 Å². The molecule has 0 aliphatic carbocycles. The van der Waals surface area contributed by atoms with Gasteiger partial charge in [0.15, 0.2) is 0 Å². The van der Waals surface area contributed by atoms with Gasteiger partial charge in [0.25, 0.3) is 0 Å². The van der Waals surface area contributed by atoms with Crippen LogP contribution < -0.4 is 4.74 Å². The number of hydrogen-bond acceptors (Lipinski definition) is 3. The molecular weight excluding hydrogens is 309 g/mol. The number of rotatable bonds is 2. The second kappa shape index (κ2) is 4.89. The summed E-state index contributed by atoms with van der Waals surface area (Å²) in [6, 6.07) is 8.50. The van der Waals surface area contributed by atoms with Gasteiger partial charge in [-0.1, -0.05) is 46.1 Å². The monoisotopic (exact) mass is 313 g/mol. The van der Waals surface area contributed by atoms with Crippen molar-refractivity contribution in [2.75, 3.05) is 0 Å². The molecule has 0 amide bonds. The molecule has 2 aromatic carbocycles. The maximum absolute atomic E-state index is 6.12. The molecule has 0 spiro atoms. The molecule has 0 fully saturated rings. The molecule has 0 saturated heterocycles. The molecule has 96 valence electrons. The normalized spacial score (nSPS) is 10.9. The smallest absolute Gasteiger partial charge is 0.148 e. The lowest BCUT2D eigenvalue weighted by molar-refractivity contribution is 0.484. The average Bonchev–Trinajstić information content (AvgIpc) is 2.82. The molecule has 0 aliphatic rings. The Hall–Kier alpha value is -1.49. The van der Waals surface area contributed by atoms with Crippen LogP contribution in [0.1, 0.15) is 0 Å². The summed E-state index contributed by atoms with van der Waals surface area (Å²) >= 11 is 18.1. The van der Waals surface area contributed by atoms with Gasteiger partial charge in [0.1, 0.15) is 22.0 Å². The van der Waals surface area contributed by atoms with Crippen molar-refractivity contribution in [1.82, 2.24) is 15.4 Å². The number of hydrogen-bond donors (Lipinski definition) is 1. The standard InChI is InChI=1S/C12H6Cl3N3O/c13-6-2-1-3-10(12(6)15)19-11-5-9-8(4-7(11)14)16-18-17-9/h1-5H,(H,16,17,18). The summed E-state index contributed by atoms with van der Waals surface area (Å²) in [6.45, 7) is 0. The maximum atomic E-state index is 6.12. The summed E-state index contributed by atoms with van der Waals surface area (Å²) in [5, 5.41) is 11.5. The van der Waals surface area contributed by atoms with E-state index in [9.17, 15) is 0 Å². The molecule has 0 atom stereocenters. The van der Waals surface area contributed by atoms with E-state index in [0.29, 0.717) is 32.1 Å². The van der Waals surface area contributed by atoms with Crippen molar-refractivity contribution in [2.45, 2.75) is 0 Å². The van der Waals surface area contributed by atoms with Gasteiger partial charge in [-0.3, -0.25) is 5.10 Å². The summed E-state index contributed by atoms with van der Waals surface area (Å²) in [6.07, 6.45) is 0. The van der Waals surface area contributed by atoms with E-state index in [-0.39, 0.29) is 0 Å². The van der Waals surface area contributed by atoms with E-state index in [1.54, 1.807) is 30.3 Å². The Bertz CT molecular complexity index is 757. The Labute approximate surface area is 123 Å². The van der Waals surface area contributed by atoms with Gasteiger partial charge in [-0.25, -0.2) is 0 Å². The number of ether oxygens (including phenoxy) is 1. The highest BCUT2D eigenvalue weighted by Gasteiger charge is 2.11. The number of benzene rings is 2. The van der Waals surface area contributed by atoms with Gasteiger partial charge in [-0.05, 0) is 18.2 Å². The Morgan fingerprint density at radius 3 is 2.68 bits per heavy atom. The van der Waals surface area contributed by atoms with Crippen molar-refractivity contribution < 1.29 is 4.74 Å². The van der Waals surface area contributed by atoms with E-state index in [1.807, 2.05) is 0 Å². The topological polar surface area (TPSA) is 50.8 Å². The van der Waals surface area contributed by atoms with Gasteiger partial charge in [0.2, 0.25) is 0 Å². The zero-order valence-corrected chi connectivity index (χ0v) is 11.6. The van der Waals surface area contributed by atoms with Crippen LogP contribution in [0.3, 0.4) is 0 Å². The Kier molecular flexibility index (Phi) is 3.22. The minimum Gasteiger partial charge on any atom is -0.454 e. The SMILES string of the molecule is Clc1cc2nn[nH]c2cc1Oc1cccc(Cl)c1Cl. The van der Waals surface area contributed by atoms with Gasteiger partial charge in [0.05, 0.1) is 15.6 Å². The second-order valence-electron chi connectivity index (χ2n) is 3.77. The first-order chi connectivity index (χ1) is 9.15. The molecule has 7 heteroatoms. The molecule has 1 N–H and O–H groups in total. The van der Waals surface area contributed by atoms with Gasteiger partial charge < -0.3 is 4.74 Å². The quantitative estimate of drug-likeness (QED) is 0.745. The molecule has 3 rings (SSSR count). The Morgan fingerprint density at radius 2 is 1.84 bits per heavy atom. The molecule has 1 heterocycles. The fraction of sp³-hybridized carbons (Fsp3) is 0. The molecule has 4 nitrogen and oxygen atoms in total. The zero-order valence-electron chi connectivity index (χ0n) is 9.32. The van der Waals surface area contributed by atoms with Gasteiger partial charge >= 0.3 is 0 Å². The van der Waals surface area contributed by atoms with E-state index in [0.717, 1.165) is 5.52 Å². The fourth-order valence-electron chi connectivity index (χ4n) is 1.61. The summed E-state index contributed by atoms with van der Waals surface area (Å²) in [5.41, 5.74) is 1.38. The van der Waals surface area contributed by atoms with Gasteiger partial charge in [-0.15, -0.1) is 5.10 Å². The van der Waals surface area contributed by atoms with Crippen LogP contribution in [0.25, 0.3) is 11.0 Å². The number of aromatic nitrogens is 3. The zero-order chi connectivity index (χ0) is 13.4. The van der Waals surface area contributed by atoms with Crippen LogP contribution in [-0.2, 0) is 0 Å². The minimum atomic E-state index is 0.336. The highest BCUT2D eigenvalue weighted by atomic mass is 35.5. The molecular formula is C12H6Cl3N3O. The number of nitrogens with zero attached hydrogens (tertiary/aromatic N) is 2. The highest BCUT2D eigenvalue weighted by Crippen LogP contribution is 2.38. The van der Waals surface area contributed by atoms with Crippen LogP contribution in [0.4, 0.5) is 0 Å². The Morgan fingerprint density at radius 1 is 1.00 bits per heavy atom. The van der Waals surface area contributed by atoms with Crippen LogP contribution >= 0.6 is 34.8 Å². The third-order valence-electron chi connectivity index (χ3n) is 2.51. The van der Waals surface area contributed by atoms with Crippen molar-refractivity contribution in [2.24, 2.45) is 0 Å². The highest BCUT2D eigenvalue weighted by molar-refractivity contribution is 6.43. The van der Waals surface area contributed by atoms with E-state index < -0.39 is 0 Å². The number of halogens is 3. The van der Waals surface area contributed by atoms with E-state index in [1.165, 1.54) is 0 Å². The minimum absolute atomic E-state index is 0.336. The van der Waals surface area contributed by atoms with Gasteiger partial charge in [-0.2, -0.15) is 0 Å². The lowest BCUT2D eigenvalue weighted by atomic mass is 10.3. The van der Waals surface area contributed by atoms with Crippen molar-refractivity contribution in [3.8, 4) is 11.5 Å². The first-order valence-corrected chi connectivity index (χ1v) is 6.41. The second-order valence-corrected chi connectivity index (χ2v) is 4.96. The molecule has 19 heavy (non-hydrogen) atoms. The number of H-pyrrole nitrogens is 1.